The van der Waals surface area contributed by atoms with Crippen molar-refractivity contribution in [3.05, 3.63) is 46.7 Å². The molecule has 2 amide bonds. The topological polar surface area (TPSA) is 76.1 Å². The lowest BCUT2D eigenvalue weighted by Gasteiger charge is -2.08. The first-order chi connectivity index (χ1) is 9.63. The Kier molecular flexibility index (Phi) is 4.89. The third-order valence-corrected chi connectivity index (χ3v) is 2.75. The molecule has 6 nitrogen and oxygen atoms in total. The minimum atomic E-state index is -0.431. The van der Waals surface area contributed by atoms with Crippen molar-refractivity contribution in [2.45, 2.75) is 6.92 Å². The minimum absolute atomic E-state index is 0.0609. The summed E-state index contributed by atoms with van der Waals surface area (Å²) < 4.78 is 6.11. The Bertz CT molecular complexity index is 572. The van der Waals surface area contributed by atoms with Gasteiger partial charge in [0, 0.05) is 12.4 Å². The molecule has 2 rings (SSSR count). The van der Waals surface area contributed by atoms with Crippen molar-refractivity contribution in [3.63, 3.8) is 0 Å². The lowest BCUT2D eigenvalue weighted by Crippen LogP contribution is -2.32. The molecule has 1 aromatic heterocycles. The summed E-state index contributed by atoms with van der Waals surface area (Å²) in [6.45, 7) is 2.05. The number of hydrogen-bond donors (Lipinski definition) is 2. The van der Waals surface area contributed by atoms with Crippen LogP contribution >= 0.6 is 15.9 Å². The number of urea groups is 1. The summed E-state index contributed by atoms with van der Waals surface area (Å²) in [6.07, 6.45) is 3.09. The predicted molar refractivity (Wildman–Crippen MR) is 78.6 cm³/mol. The summed E-state index contributed by atoms with van der Waals surface area (Å²) in [5, 5.41) is 5.04. The van der Waals surface area contributed by atoms with E-state index in [2.05, 4.69) is 36.5 Å². The molecule has 2 aromatic rings. The zero-order valence-electron chi connectivity index (χ0n) is 10.8. The van der Waals surface area contributed by atoms with E-state index < -0.39 is 6.03 Å². The summed E-state index contributed by atoms with van der Waals surface area (Å²) in [4.78, 5) is 19.4. The number of halogens is 1. The van der Waals surface area contributed by atoms with Crippen LogP contribution in [0.15, 0.2) is 41.1 Å². The molecule has 0 spiro atoms. The second kappa shape index (κ2) is 6.85. The fraction of sp³-hybridized carbons (Fsp3) is 0.154. The number of ether oxygens (including phenoxy) is 1. The molecule has 0 saturated heterocycles. The third-order valence-electron chi connectivity index (χ3n) is 2.34. The van der Waals surface area contributed by atoms with Gasteiger partial charge in [0.2, 0.25) is 5.95 Å². The molecule has 104 valence electrons. The first kappa shape index (κ1) is 14.3. The number of nitrogens with zero attached hydrogens (tertiary/aromatic N) is 2. The van der Waals surface area contributed by atoms with Crippen LogP contribution in [0.3, 0.4) is 0 Å². The Labute approximate surface area is 124 Å². The van der Waals surface area contributed by atoms with Gasteiger partial charge >= 0.3 is 6.03 Å². The van der Waals surface area contributed by atoms with E-state index in [0.717, 1.165) is 10.0 Å². The Morgan fingerprint density at radius 3 is 2.55 bits per heavy atom. The molecule has 0 bridgehead atoms. The van der Waals surface area contributed by atoms with Gasteiger partial charge in [0.15, 0.2) is 6.73 Å². The Morgan fingerprint density at radius 1 is 1.25 bits per heavy atom. The number of benzene rings is 1. The van der Waals surface area contributed by atoms with Crippen molar-refractivity contribution in [2.24, 2.45) is 0 Å². The molecule has 20 heavy (non-hydrogen) atoms. The number of aryl methyl sites for hydroxylation is 1. The largest absolute Gasteiger partial charge is 0.473 e. The summed E-state index contributed by atoms with van der Waals surface area (Å²) in [5.41, 5.74) is 1.15. The molecule has 0 aliphatic carbocycles. The van der Waals surface area contributed by atoms with Gasteiger partial charge in [0.05, 0.1) is 4.47 Å². The molecule has 0 fully saturated rings. The number of carbonyl (C=O) groups is 1. The van der Waals surface area contributed by atoms with E-state index in [4.69, 9.17) is 4.74 Å². The van der Waals surface area contributed by atoms with Crippen molar-refractivity contribution >= 4 is 27.9 Å². The van der Waals surface area contributed by atoms with E-state index in [1.54, 1.807) is 12.4 Å². The highest BCUT2D eigenvalue weighted by Gasteiger charge is 2.03. The third kappa shape index (κ3) is 4.51. The average molecular weight is 337 g/mol. The van der Waals surface area contributed by atoms with E-state index in [1.165, 1.54) is 0 Å². The van der Waals surface area contributed by atoms with E-state index in [-0.39, 0.29) is 12.7 Å². The smallest absolute Gasteiger partial charge is 0.324 e. The van der Waals surface area contributed by atoms with Gasteiger partial charge in [0.1, 0.15) is 5.75 Å². The fourth-order valence-corrected chi connectivity index (χ4v) is 1.55. The monoisotopic (exact) mass is 336 g/mol. The molecule has 2 N–H and O–H groups in total. The van der Waals surface area contributed by atoms with Crippen molar-refractivity contribution in [3.8, 4) is 5.75 Å². The number of hydrogen-bond acceptors (Lipinski definition) is 4. The van der Waals surface area contributed by atoms with Crippen LogP contribution in [0.5, 0.6) is 5.75 Å². The van der Waals surface area contributed by atoms with Gasteiger partial charge in [-0.25, -0.2) is 14.8 Å². The molecular formula is C13H13BrN4O2. The molecule has 1 aromatic carbocycles. The van der Waals surface area contributed by atoms with Crippen molar-refractivity contribution in [2.75, 3.05) is 12.0 Å². The summed E-state index contributed by atoms with van der Waals surface area (Å²) in [5.74, 6) is 0.914. The molecule has 0 atom stereocenters. The summed E-state index contributed by atoms with van der Waals surface area (Å²) >= 11 is 3.21. The molecule has 0 radical (unpaired) electrons. The molecule has 1 heterocycles. The summed E-state index contributed by atoms with van der Waals surface area (Å²) in [7, 11) is 0. The van der Waals surface area contributed by atoms with Gasteiger partial charge < -0.3 is 10.1 Å². The first-order valence-corrected chi connectivity index (χ1v) is 6.64. The number of anilines is 1. The number of aromatic nitrogens is 2. The van der Waals surface area contributed by atoms with Crippen molar-refractivity contribution in [1.82, 2.24) is 15.3 Å². The van der Waals surface area contributed by atoms with Crippen LogP contribution in [-0.4, -0.2) is 22.7 Å². The highest BCUT2D eigenvalue weighted by molar-refractivity contribution is 9.10. The van der Waals surface area contributed by atoms with E-state index in [9.17, 15) is 4.79 Å². The Hall–Kier alpha value is -2.15. The highest BCUT2D eigenvalue weighted by atomic mass is 79.9. The maximum Gasteiger partial charge on any atom is 0.324 e. The van der Waals surface area contributed by atoms with Gasteiger partial charge in [0.25, 0.3) is 0 Å². The van der Waals surface area contributed by atoms with Gasteiger partial charge in [-0.3, -0.25) is 5.32 Å². The molecule has 0 unspecified atom stereocenters. The zero-order valence-corrected chi connectivity index (χ0v) is 12.3. The van der Waals surface area contributed by atoms with Gasteiger partial charge in [-0.2, -0.15) is 0 Å². The molecule has 0 aliphatic heterocycles. The first-order valence-electron chi connectivity index (χ1n) is 5.85. The number of amides is 2. The molecule has 0 saturated carbocycles. The van der Waals surface area contributed by atoms with E-state index >= 15 is 0 Å². The minimum Gasteiger partial charge on any atom is -0.473 e. The van der Waals surface area contributed by atoms with Gasteiger partial charge in [-0.15, -0.1) is 0 Å². The van der Waals surface area contributed by atoms with E-state index in [1.807, 2.05) is 31.2 Å². The van der Waals surface area contributed by atoms with E-state index in [0.29, 0.717) is 5.75 Å². The Morgan fingerprint density at radius 2 is 1.90 bits per heavy atom. The number of carbonyl (C=O) groups excluding carboxylic acids is 1. The van der Waals surface area contributed by atoms with Gasteiger partial charge in [-0.05, 0) is 35.0 Å². The zero-order chi connectivity index (χ0) is 14.4. The second-order valence-corrected chi connectivity index (χ2v) is 4.87. The lowest BCUT2D eigenvalue weighted by molar-refractivity contribution is 0.234. The molecule has 0 aliphatic rings. The Balaban J connectivity index is 1.75. The van der Waals surface area contributed by atoms with Crippen LogP contribution in [0.25, 0.3) is 0 Å². The SMILES string of the molecule is Cc1ccc(OCNC(=O)Nc2ncc(Br)cn2)cc1. The lowest BCUT2D eigenvalue weighted by atomic mass is 10.2. The normalized spacial score (nSPS) is 9.90. The maximum atomic E-state index is 11.5. The number of rotatable bonds is 4. The molecular weight excluding hydrogens is 324 g/mol. The highest BCUT2D eigenvalue weighted by Crippen LogP contribution is 2.10. The number of nitrogens with one attached hydrogen (secondary N) is 2. The van der Waals surface area contributed by atoms with Crippen LogP contribution in [-0.2, 0) is 0 Å². The van der Waals surface area contributed by atoms with Crippen LogP contribution in [0.1, 0.15) is 5.56 Å². The van der Waals surface area contributed by atoms with Crippen molar-refractivity contribution < 1.29 is 9.53 Å². The fourth-order valence-electron chi connectivity index (χ4n) is 1.34. The second-order valence-electron chi connectivity index (χ2n) is 3.96. The summed E-state index contributed by atoms with van der Waals surface area (Å²) in [6, 6.07) is 7.12. The van der Waals surface area contributed by atoms with Gasteiger partial charge in [-0.1, -0.05) is 17.7 Å². The van der Waals surface area contributed by atoms with Crippen LogP contribution < -0.4 is 15.4 Å². The standard InChI is InChI=1S/C13H13BrN4O2/c1-9-2-4-11(5-3-9)20-8-17-13(19)18-12-15-6-10(14)7-16-12/h2-7H,8H2,1H3,(H2,15,16,17,18,19). The quantitative estimate of drug-likeness (QED) is 0.841. The average Bonchev–Trinajstić information content (AvgIpc) is 2.44. The maximum absolute atomic E-state index is 11.5. The molecule has 7 heteroatoms. The van der Waals surface area contributed by atoms with Crippen LogP contribution in [0, 0.1) is 6.92 Å². The van der Waals surface area contributed by atoms with Crippen LogP contribution in [0.2, 0.25) is 0 Å². The predicted octanol–water partition coefficient (Wildman–Crippen LogP) is 2.71. The van der Waals surface area contributed by atoms with Crippen molar-refractivity contribution in [1.29, 1.82) is 0 Å². The van der Waals surface area contributed by atoms with Crippen LogP contribution in [0.4, 0.5) is 10.7 Å².